The van der Waals surface area contributed by atoms with Crippen LogP contribution in [0.25, 0.3) is 17.0 Å². The first-order valence-corrected chi connectivity index (χ1v) is 10.9. The number of aryl methyl sites for hydroxylation is 1. The highest BCUT2D eigenvalue weighted by Crippen LogP contribution is 2.39. The lowest BCUT2D eigenvalue weighted by atomic mass is 9.94. The summed E-state index contributed by atoms with van der Waals surface area (Å²) < 4.78 is 19.9. The van der Waals surface area contributed by atoms with Gasteiger partial charge in [0.15, 0.2) is 5.11 Å². The average molecular weight is 457 g/mol. The van der Waals surface area contributed by atoms with E-state index in [9.17, 15) is 4.39 Å². The van der Waals surface area contributed by atoms with Crippen molar-refractivity contribution in [2.75, 3.05) is 4.90 Å². The lowest BCUT2D eigenvalue weighted by Gasteiger charge is -2.37. The lowest BCUT2D eigenvalue weighted by Crippen LogP contribution is -2.46. The van der Waals surface area contributed by atoms with Crippen molar-refractivity contribution in [3.8, 4) is 11.4 Å². The molecule has 0 radical (unpaired) electrons. The number of benzene rings is 3. The van der Waals surface area contributed by atoms with Gasteiger partial charge in [0.05, 0.1) is 11.6 Å². The standard InChI is InChI=1S/C26H21FN4OS/c1-16-8-6-13-21(14-16)31-17(2)22(23(28-26(31)33)19-11-7-12-20(27)15-19)25-29-24(30-32-25)18-9-4-3-5-10-18/h3-15,23H,1-2H3,(H,28,33). The number of hydrogen-bond donors (Lipinski definition) is 1. The van der Waals surface area contributed by atoms with Gasteiger partial charge in [-0.2, -0.15) is 4.98 Å². The molecule has 0 saturated carbocycles. The van der Waals surface area contributed by atoms with Gasteiger partial charge in [-0.15, -0.1) is 0 Å². The molecule has 33 heavy (non-hydrogen) atoms. The van der Waals surface area contributed by atoms with Gasteiger partial charge in [-0.3, -0.25) is 4.90 Å². The van der Waals surface area contributed by atoms with Gasteiger partial charge in [0.25, 0.3) is 5.89 Å². The fourth-order valence-corrected chi connectivity index (χ4v) is 4.43. The van der Waals surface area contributed by atoms with Crippen molar-refractivity contribution >= 4 is 28.6 Å². The molecule has 1 aliphatic heterocycles. The minimum Gasteiger partial charge on any atom is -0.351 e. The van der Waals surface area contributed by atoms with E-state index in [4.69, 9.17) is 16.7 Å². The van der Waals surface area contributed by atoms with Crippen molar-refractivity contribution in [1.29, 1.82) is 0 Å². The predicted octanol–water partition coefficient (Wildman–Crippen LogP) is 6.05. The molecule has 0 aliphatic carbocycles. The molecule has 1 aromatic heterocycles. The smallest absolute Gasteiger partial charge is 0.258 e. The highest BCUT2D eigenvalue weighted by atomic mass is 32.1. The van der Waals surface area contributed by atoms with E-state index in [0.717, 1.165) is 33.6 Å². The number of aromatic nitrogens is 2. The van der Waals surface area contributed by atoms with Crippen LogP contribution in [-0.2, 0) is 0 Å². The van der Waals surface area contributed by atoms with Gasteiger partial charge >= 0.3 is 0 Å². The van der Waals surface area contributed by atoms with E-state index in [1.165, 1.54) is 12.1 Å². The van der Waals surface area contributed by atoms with E-state index < -0.39 is 6.04 Å². The minimum absolute atomic E-state index is 0.325. The summed E-state index contributed by atoms with van der Waals surface area (Å²) in [4.78, 5) is 6.63. The summed E-state index contributed by atoms with van der Waals surface area (Å²) in [5.41, 5.74) is 5.18. The minimum atomic E-state index is -0.446. The first-order chi connectivity index (χ1) is 16.0. The van der Waals surface area contributed by atoms with Crippen LogP contribution in [0.3, 0.4) is 0 Å². The van der Waals surface area contributed by atoms with E-state index in [0.29, 0.717) is 16.8 Å². The van der Waals surface area contributed by atoms with Crippen LogP contribution in [0, 0.1) is 12.7 Å². The molecule has 5 rings (SSSR count). The normalized spacial score (nSPS) is 16.2. The summed E-state index contributed by atoms with van der Waals surface area (Å²) >= 11 is 5.74. The monoisotopic (exact) mass is 456 g/mol. The average Bonchev–Trinajstić information content (AvgIpc) is 3.29. The summed E-state index contributed by atoms with van der Waals surface area (Å²) in [5, 5.41) is 8.07. The number of halogens is 1. The van der Waals surface area contributed by atoms with Gasteiger partial charge in [0, 0.05) is 16.9 Å². The van der Waals surface area contributed by atoms with Crippen LogP contribution in [0.4, 0.5) is 10.1 Å². The highest BCUT2D eigenvalue weighted by molar-refractivity contribution is 7.80. The van der Waals surface area contributed by atoms with Crippen LogP contribution in [0.15, 0.2) is 89.1 Å². The third-order valence-corrected chi connectivity index (χ3v) is 5.92. The molecule has 0 saturated heterocycles. The second kappa shape index (κ2) is 8.60. The Morgan fingerprint density at radius 1 is 0.970 bits per heavy atom. The molecule has 0 amide bonds. The van der Waals surface area contributed by atoms with Crippen LogP contribution in [-0.4, -0.2) is 15.3 Å². The number of allylic oxidation sites excluding steroid dienone is 1. The molecule has 1 unspecified atom stereocenters. The Labute approximate surface area is 196 Å². The fraction of sp³-hybridized carbons (Fsp3) is 0.115. The summed E-state index contributed by atoms with van der Waals surface area (Å²) in [5.74, 6) is 0.515. The van der Waals surface area contributed by atoms with Crippen molar-refractivity contribution in [3.05, 3.63) is 107 Å². The maximum absolute atomic E-state index is 14.1. The summed E-state index contributed by atoms with van der Waals surface area (Å²) in [6, 6.07) is 23.7. The maximum Gasteiger partial charge on any atom is 0.258 e. The molecule has 1 aliphatic rings. The first-order valence-electron chi connectivity index (χ1n) is 10.5. The number of nitrogens with zero attached hydrogens (tertiary/aromatic N) is 3. The van der Waals surface area contributed by atoms with Gasteiger partial charge in [0.2, 0.25) is 5.82 Å². The van der Waals surface area contributed by atoms with Gasteiger partial charge < -0.3 is 9.84 Å². The molecule has 0 spiro atoms. The van der Waals surface area contributed by atoms with Crippen molar-refractivity contribution in [2.24, 2.45) is 0 Å². The van der Waals surface area contributed by atoms with Crippen molar-refractivity contribution in [3.63, 3.8) is 0 Å². The van der Waals surface area contributed by atoms with E-state index in [1.807, 2.05) is 73.3 Å². The van der Waals surface area contributed by atoms with E-state index in [-0.39, 0.29) is 5.82 Å². The van der Waals surface area contributed by atoms with E-state index in [1.54, 1.807) is 6.07 Å². The second-order valence-electron chi connectivity index (χ2n) is 7.90. The summed E-state index contributed by atoms with van der Waals surface area (Å²) in [6.07, 6.45) is 0. The zero-order valence-electron chi connectivity index (χ0n) is 18.1. The molecule has 0 bridgehead atoms. The molecule has 1 N–H and O–H groups in total. The summed E-state index contributed by atoms with van der Waals surface area (Å²) in [7, 11) is 0. The number of rotatable bonds is 4. The predicted molar refractivity (Wildman–Crippen MR) is 131 cm³/mol. The Bertz CT molecular complexity index is 1370. The Balaban J connectivity index is 1.67. The lowest BCUT2D eigenvalue weighted by molar-refractivity contribution is 0.404. The maximum atomic E-state index is 14.1. The van der Waals surface area contributed by atoms with Crippen LogP contribution < -0.4 is 10.2 Å². The molecule has 164 valence electrons. The molecule has 3 aromatic carbocycles. The number of nitrogens with one attached hydrogen (secondary N) is 1. The van der Waals surface area contributed by atoms with Crippen LogP contribution in [0.1, 0.15) is 30.0 Å². The van der Waals surface area contributed by atoms with Crippen molar-refractivity contribution in [1.82, 2.24) is 15.5 Å². The third kappa shape index (κ3) is 4.03. The zero-order chi connectivity index (χ0) is 22.9. The Hall–Kier alpha value is -3.84. The Morgan fingerprint density at radius 3 is 2.52 bits per heavy atom. The van der Waals surface area contributed by atoms with E-state index in [2.05, 4.69) is 21.5 Å². The van der Waals surface area contributed by atoms with Gasteiger partial charge in [0.1, 0.15) is 5.82 Å². The molecule has 4 aromatic rings. The molecule has 7 heteroatoms. The molecule has 0 fully saturated rings. The number of thiocarbonyl (C=S) groups is 1. The highest BCUT2D eigenvalue weighted by Gasteiger charge is 2.35. The molecule has 2 heterocycles. The van der Waals surface area contributed by atoms with Crippen molar-refractivity contribution < 1.29 is 8.91 Å². The fourth-order valence-electron chi connectivity index (χ4n) is 4.07. The topological polar surface area (TPSA) is 54.2 Å². The SMILES string of the molecule is CC1=C(c2nc(-c3ccccc3)no2)C(c2cccc(F)c2)NC(=S)N1c1cccc(C)c1. The number of anilines is 1. The van der Waals surface area contributed by atoms with E-state index >= 15 is 0 Å². The zero-order valence-corrected chi connectivity index (χ0v) is 18.9. The molecular weight excluding hydrogens is 435 g/mol. The van der Waals surface area contributed by atoms with Gasteiger partial charge in [-0.05, 0) is 61.5 Å². The second-order valence-corrected chi connectivity index (χ2v) is 8.29. The van der Waals surface area contributed by atoms with Crippen molar-refractivity contribution in [2.45, 2.75) is 19.9 Å². The summed E-state index contributed by atoms with van der Waals surface area (Å²) in [6.45, 7) is 3.99. The van der Waals surface area contributed by atoms with Crippen LogP contribution >= 0.6 is 12.2 Å². The van der Waals surface area contributed by atoms with Crippen LogP contribution in [0.2, 0.25) is 0 Å². The van der Waals surface area contributed by atoms with Gasteiger partial charge in [-0.1, -0.05) is 59.8 Å². The Kier molecular flexibility index (Phi) is 5.48. The Morgan fingerprint density at radius 2 is 1.76 bits per heavy atom. The van der Waals surface area contributed by atoms with Crippen LogP contribution in [0.5, 0.6) is 0 Å². The molecular formula is C26H21FN4OS. The third-order valence-electron chi connectivity index (χ3n) is 5.62. The quantitative estimate of drug-likeness (QED) is 0.377. The largest absolute Gasteiger partial charge is 0.351 e. The van der Waals surface area contributed by atoms with Gasteiger partial charge in [-0.25, -0.2) is 4.39 Å². The molecule has 1 atom stereocenters. The first kappa shape index (κ1) is 21.0. The number of hydrogen-bond acceptors (Lipinski definition) is 4. The molecule has 5 nitrogen and oxygen atoms in total.